The number of pyridine rings is 1. The molecular weight excluding hydrogens is 246 g/mol. The molecule has 0 unspecified atom stereocenters. The van der Waals surface area contributed by atoms with Crippen molar-refractivity contribution in [1.82, 2.24) is 4.98 Å². The second-order valence-corrected chi connectivity index (χ2v) is 3.82. The predicted molar refractivity (Wildman–Crippen MR) is 72.8 cm³/mol. The van der Waals surface area contributed by atoms with Crippen LogP contribution < -0.4 is 10.9 Å². The third-order valence-corrected chi connectivity index (χ3v) is 2.53. The Morgan fingerprint density at radius 3 is 2.53 bits per heavy atom. The van der Waals surface area contributed by atoms with Crippen LogP contribution in [0.4, 0.5) is 11.4 Å². The van der Waals surface area contributed by atoms with E-state index in [-0.39, 0.29) is 11.2 Å². The molecule has 0 aliphatic heterocycles. The van der Waals surface area contributed by atoms with Crippen LogP contribution in [0.2, 0.25) is 0 Å². The number of rotatable bonds is 4. The number of H-pyrrole nitrogens is 1. The molecule has 2 aromatic rings. The summed E-state index contributed by atoms with van der Waals surface area (Å²) in [4.78, 5) is 24.1. The maximum atomic E-state index is 11.5. The van der Waals surface area contributed by atoms with E-state index in [1.54, 1.807) is 24.3 Å². The molecule has 0 amide bonds. The Kier molecular flexibility index (Phi) is 3.42. The number of aromatic nitrogens is 1. The summed E-state index contributed by atoms with van der Waals surface area (Å²) in [7, 11) is 0. The Morgan fingerprint density at radius 1 is 1.26 bits per heavy atom. The molecule has 0 aliphatic rings. The van der Waals surface area contributed by atoms with Crippen LogP contribution in [0.15, 0.2) is 54.0 Å². The van der Waals surface area contributed by atoms with Gasteiger partial charge >= 0.3 is 0 Å². The highest BCUT2D eigenvalue weighted by molar-refractivity contribution is 5.75. The summed E-state index contributed by atoms with van der Waals surface area (Å²) >= 11 is 0. The average Bonchev–Trinajstić information content (AvgIpc) is 2.41. The molecule has 1 aromatic heterocycles. The highest BCUT2D eigenvalue weighted by atomic mass is 16.6. The molecule has 0 saturated carbocycles. The molecule has 0 saturated heterocycles. The minimum atomic E-state index is -0.470. The molecule has 2 N–H and O–H groups in total. The molecule has 1 aromatic carbocycles. The zero-order chi connectivity index (χ0) is 13.8. The van der Waals surface area contributed by atoms with Crippen LogP contribution in [0.25, 0.3) is 5.70 Å². The van der Waals surface area contributed by atoms with Gasteiger partial charge in [-0.15, -0.1) is 0 Å². The molecule has 6 nitrogen and oxygen atoms in total. The van der Waals surface area contributed by atoms with E-state index in [9.17, 15) is 14.9 Å². The van der Waals surface area contributed by atoms with E-state index in [4.69, 9.17) is 0 Å². The van der Waals surface area contributed by atoms with Crippen molar-refractivity contribution in [3.63, 3.8) is 0 Å². The van der Waals surface area contributed by atoms with Crippen LogP contribution >= 0.6 is 0 Å². The number of hydrogen-bond donors (Lipinski definition) is 2. The molecule has 0 fully saturated rings. The van der Waals surface area contributed by atoms with Crippen molar-refractivity contribution in [3.05, 3.63) is 75.2 Å². The second-order valence-electron chi connectivity index (χ2n) is 3.82. The molecule has 0 atom stereocenters. The SMILES string of the molecule is C=C(Nc1ccc[nH]c1=O)c1ccc([N+](=O)[O-])cc1. The number of anilines is 1. The van der Waals surface area contributed by atoms with Gasteiger partial charge in [-0.3, -0.25) is 14.9 Å². The monoisotopic (exact) mass is 257 g/mol. The van der Waals surface area contributed by atoms with Gasteiger partial charge in [-0.1, -0.05) is 6.58 Å². The molecule has 0 bridgehead atoms. The summed E-state index contributed by atoms with van der Waals surface area (Å²) in [5.74, 6) is 0. The van der Waals surface area contributed by atoms with E-state index >= 15 is 0 Å². The number of non-ortho nitro benzene ring substituents is 1. The van der Waals surface area contributed by atoms with E-state index in [0.717, 1.165) is 0 Å². The lowest BCUT2D eigenvalue weighted by Crippen LogP contribution is -2.11. The Morgan fingerprint density at radius 2 is 1.95 bits per heavy atom. The first kappa shape index (κ1) is 12.6. The van der Waals surface area contributed by atoms with Crippen molar-refractivity contribution in [2.45, 2.75) is 0 Å². The van der Waals surface area contributed by atoms with E-state index in [2.05, 4.69) is 16.9 Å². The highest BCUT2D eigenvalue weighted by Crippen LogP contribution is 2.18. The number of aromatic amines is 1. The smallest absolute Gasteiger partial charge is 0.271 e. The van der Waals surface area contributed by atoms with Crippen LogP contribution in [0.3, 0.4) is 0 Å². The van der Waals surface area contributed by atoms with Crippen LogP contribution in [0, 0.1) is 10.1 Å². The Bertz CT molecular complexity index is 674. The molecule has 2 rings (SSSR count). The summed E-state index contributed by atoms with van der Waals surface area (Å²) in [5.41, 5.74) is 1.28. The number of nitro groups is 1. The maximum Gasteiger partial charge on any atom is 0.271 e. The highest BCUT2D eigenvalue weighted by Gasteiger charge is 2.06. The Hall–Kier alpha value is -2.89. The summed E-state index contributed by atoms with van der Waals surface area (Å²) in [5, 5.41) is 13.4. The lowest BCUT2D eigenvalue weighted by atomic mass is 10.1. The van der Waals surface area contributed by atoms with Gasteiger partial charge in [-0.05, 0) is 29.8 Å². The fourth-order valence-corrected chi connectivity index (χ4v) is 1.54. The van der Waals surface area contributed by atoms with Crippen LogP contribution in [0.1, 0.15) is 5.56 Å². The van der Waals surface area contributed by atoms with Crippen molar-refractivity contribution < 1.29 is 4.92 Å². The van der Waals surface area contributed by atoms with Gasteiger partial charge in [-0.25, -0.2) is 0 Å². The molecule has 1 heterocycles. The lowest BCUT2D eigenvalue weighted by molar-refractivity contribution is -0.384. The first-order valence-electron chi connectivity index (χ1n) is 5.46. The molecule has 96 valence electrons. The van der Waals surface area contributed by atoms with Gasteiger partial charge in [-0.2, -0.15) is 0 Å². The number of nitro benzene ring substituents is 1. The van der Waals surface area contributed by atoms with E-state index in [1.807, 2.05) is 0 Å². The standard InChI is InChI=1S/C13H11N3O3/c1-9(15-12-3-2-8-14-13(12)17)10-4-6-11(7-5-10)16(18)19/h2-8,15H,1H2,(H,14,17). The topological polar surface area (TPSA) is 88.0 Å². The lowest BCUT2D eigenvalue weighted by Gasteiger charge is -2.08. The van der Waals surface area contributed by atoms with Gasteiger partial charge in [0.1, 0.15) is 5.69 Å². The number of benzene rings is 1. The molecule has 19 heavy (non-hydrogen) atoms. The molecular formula is C13H11N3O3. The third-order valence-electron chi connectivity index (χ3n) is 2.53. The van der Waals surface area contributed by atoms with Crippen molar-refractivity contribution in [2.75, 3.05) is 5.32 Å². The Labute approximate surface area is 108 Å². The van der Waals surface area contributed by atoms with Gasteiger partial charge in [0.15, 0.2) is 0 Å². The van der Waals surface area contributed by atoms with Crippen LogP contribution in [-0.2, 0) is 0 Å². The van der Waals surface area contributed by atoms with Crippen LogP contribution in [0.5, 0.6) is 0 Å². The summed E-state index contributed by atoms with van der Waals surface area (Å²) in [6, 6.07) is 9.23. The van der Waals surface area contributed by atoms with Gasteiger partial charge < -0.3 is 10.3 Å². The van der Waals surface area contributed by atoms with Crippen molar-refractivity contribution >= 4 is 17.1 Å². The molecule has 6 heteroatoms. The molecule has 0 aliphatic carbocycles. The quantitative estimate of drug-likeness (QED) is 0.650. The van der Waals surface area contributed by atoms with Crippen molar-refractivity contribution in [1.29, 1.82) is 0 Å². The third kappa shape index (κ3) is 2.86. The average molecular weight is 257 g/mol. The normalized spacial score (nSPS) is 9.89. The summed E-state index contributed by atoms with van der Waals surface area (Å²) in [6.07, 6.45) is 1.53. The fraction of sp³-hybridized carbons (Fsp3) is 0. The largest absolute Gasteiger partial charge is 0.351 e. The summed E-state index contributed by atoms with van der Waals surface area (Å²) in [6.45, 7) is 3.80. The first-order chi connectivity index (χ1) is 9.08. The number of hydrogen-bond acceptors (Lipinski definition) is 4. The van der Waals surface area contributed by atoms with Gasteiger partial charge in [0.2, 0.25) is 0 Å². The maximum absolute atomic E-state index is 11.5. The zero-order valence-corrected chi connectivity index (χ0v) is 9.92. The summed E-state index contributed by atoms with van der Waals surface area (Å²) < 4.78 is 0. The molecule has 0 spiro atoms. The van der Waals surface area contributed by atoms with Crippen LogP contribution in [-0.4, -0.2) is 9.91 Å². The van der Waals surface area contributed by atoms with Gasteiger partial charge in [0.05, 0.1) is 4.92 Å². The minimum absolute atomic E-state index is 0.00843. The van der Waals surface area contributed by atoms with Crippen molar-refractivity contribution in [3.8, 4) is 0 Å². The van der Waals surface area contributed by atoms with E-state index < -0.39 is 4.92 Å². The van der Waals surface area contributed by atoms with Gasteiger partial charge in [0.25, 0.3) is 11.2 Å². The first-order valence-corrected chi connectivity index (χ1v) is 5.46. The van der Waals surface area contributed by atoms with E-state index in [1.165, 1.54) is 18.3 Å². The number of nitrogens with one attached hydrogen (secondary N) is 2. The Balaban J connectivity index is 2.19. The minimum Gasteiger partial charge on any atom is -0.351 e. The van der Waals surface area contributed by atoms with Crippen molar-refractivity contribution in [2.24, 2.45) is 0 Å². The number of nitrogens with zero attached hydrogens (tertiary/aromatic N) is 1. The van der Waals surface area contributed by atoms with E-state index in [0.29, 0.717) is 16.9 Å². The predicted octanol–water partition coefficient (Wildman–Crippen LogP) is 2.37. The fourth-order valence-electron chi connectivity index (χ4n) is 1.54. The second kappa shape index (κ2) is 5.18. The van der Waals surface area contributed by atoms with Gasteiger partial charge in [0, 0.05) is 24.0 Å². The zero-order valence-electron chi connectivity index (χ0n) is 9.92. The molecule has 0 radical (unpaired) electrons.